The molecule has 0 radical (unpaired) electrons. The van der Waals surface area contributed by atoms with E-state index in [9.17, 15) is 17.8 Å². The minimum Gasteiger partial charge on any atom is -0.752 e. The molecular weight excluding hydrogens is 617 g/mol. The number of nitrogens with one attached hydrogen (secondary N) is 2. The molecular formula is C27H25N8Na3O5S. The molecule has 0 spiro atoms. The zero-order chi connectivity index (χ0) is 28.8. The summed E-state index contributed by atoms with van der Waals surface area (Å²) in [4.78, 5) is 14.8. The monoisotopic (exact) mass is 642 g/mol. The third-order valence-corrected chi connectivity index (χ3v) is 7.37. The van der Waals surface area contributed by atoms with Crippen LogP contribution in [0.4, 0.5) is 0 Å². The molecule has 44 heavy (non-hydrogen) atoms. The summed E-state index contributed by atoms with van der Waals surface area (Å²) in [5, 5.41) is 21.3. The van der Waals surface area contributed by atoms with E-state index < -0.39 is 10.1 Å². The molecule has 0 aliphatic heterocycles. The number of ether oxygens (including phenoxy) is 1. The number of benzene rings is 4. The summed E-state index contributed by atoms with van der Waals surface area (Å²) in [6, 6.07) is 15.8. The molecule has 0 aliphatic carbocycles. The van der Waals surface area contributed by atoms with Crippen LogP contribution in [0.3, 0.4) is 0 Å². The fourth-order valence-electron chi connectivity index (χ4n) is 4.64. The molecule has 212 valence electrons. The third kappa shape index (κ3) is 9.52. The van der Waals surface area contributed by atoms with Gasteiger partial charge < -0.3 is 19.9 Å². The van der Waals surface area contributed by atoms with Gasteiger partial charge in [-0.3, -0.25) is 9.48 Å². The van der Waals surface area contributed by atoms with Crippen LogP contribution in [0.5, 0.6) is 5.75 Å². The van der Waals surface area contributed by atoms with Crippen LogP contribution in [-0.2, 0) is 28.0 Å². The molecule has 1 heterocycles. The van der Waals surface area contributed by atoms with Gasteiger partial charge in [0.1, 0.15) is 0 Å². The number of rotatable bonds is 14. The maximum absolute atomic E-state index is 12.4. The summed E-state index contributed by atoms with van der Waals surface area (Å²) in [5.74, 6) is 0.118. The van der Waals surface area contributed by atoms with E-state index in [-0.39, 0.29) is 106 Å². The van der Waals surface area contributed by atoms with Gasteiger partial charge in [-0.05, 0) is 29.8 Å². The van der Waals surface area contributed by atoms with Crippen molar-refractivity contribution in [2.24, 2.45) is 5.11 Å². The Morgan fingerprint density at radius 3 is 2.48 bits per heavy atom. The molecule has 17 heteroatoms. The predicted octanol–water partition coefficient (Wildman–Crippen LogP) is -5.93. The molecule has 0 saturated heterocycles. The Morgan fingerprint density at radius 1 is 1.05 bits per heavy atom. The number of amides is 1. The Kier molecular flexibility index (Phi) is 15.8. The molecule has 0 fully saturated rings. The van der Waals surface area contributed by atoms with Crippen LogP contribution in [0.2, 0.25) is 0 Å². The van der Waals surface area contributed by atoms with E-state index in [0.29, 0.717) is 71.8 Å². The molecule has 0 unspecified atom stereocenters. The van der Waals surface area contributed by atoms with Crippen molar-refractivity contribution in [2.45, 2.75) is 30.8 Å². The van der Waals surface area contributed by atoms with E-state index in [1.807, 2.05) is 12.3 Å². The van der Waals surface area contributed by atoms with Crippen molar-refractivity contribution in [2.75, 3.05) is 26.2 Å². The molecule has 0 bridgehead atoms. The van der Waals surface area contributed by atoms with Crippen molar-refractivity contribution < 1.29 is 111 Å². The molecule has 2 N–H and O–H groups in total. The number of nitrogens with zero attached hydrogens (tertiary/aromatic N) is 6. The van der Waals surface area contributed by atoms with Gasteiger partial charge in [0.05, 0.1) is 15.8 Å². The minimum absolute atomic E-state index is 0. The van der Waals surface area contributed by atoms with E-state index in [0.717, 1.165) is 17.5 Å². The van der Waals surface area contributed by atoms with Gasteiger partial charge in [-0.1, -0.05) is 33.2 Å². The molecule has 4 aromatic carbocycles. The van der Waals surface area contributed by atoms with Gasteiger partial charge in [0.2, 0.25) is 0 Å². The van der Waals surface area contributed by atoms with Crippen LogP contribution < -0.4 is 104 Å². The van der Waals surface area contributed by atoms with Gasteiger partial charge in [0, 0.05) is 43.0 Å². The Morgan fingerprint density at radius 2 is 1.75 bits per heavy atom. The van der Waals surface area contributed by atoms with E-state index in [1.165, 1.54) is 6.07 Å². The van der Waals surface area contributed by atoms with E-state index in [1.54, 1.807) is 28.9 Å². The summed E-state index contributed by atoms with van der Waals surface area (Å²) in [6.07, 6.45) is 3.22. The first-order chi connectivity index (χ1) is 19.8. The van der Waals surface area contributed by atoms with E-state index in [2.05, 4.69) is 43.1 Å². The number of hydrogen-bond acceptors (Lipinski definition) is 9. The minimum atomic E-state index is -4.69. The fraction of sp³-hybridized carbons (Fsp3) is 0.296. The molecule has 0 atom stereocenters. The average Bonchev–Trinajstić information content (AvgIpc) is 3.42. The number of carbonyl (C=O) groups is 1. The molecule has 0 saturated carbocycles. The van der Waals surface area contributed by atoms with Crippen molar-refractivity contribution >= 4 is 48.3 Å². The number of aryl methyl sites for hydroxylation is 1. The molecule has 0 aliphatic rings. The quantitative estimate of drug-likeness (QED) is 0.0175. The largest absolute Gasteiger partial charge is 1.00 e. The Balaban J connectivity index is 0.00000225. The smallest absolute Gasteiger partial charge is 0.752 e. The van der Waals surface area contributed by atoms with Crippen molar-refractivity contribution in [3.8, 4) is 5.75 Å². The maximum Gasteiger partial charge on any atom is 1.00 e. The van der Waals surface area contributed by atoms with E-state index >= 15 is 0 Å². The maximum atomic E-state index is 12.4. The summed E-state index contributed by atoms with van der Waals surface area (Å²) >= 11 is 0. The zero-order valence-corrected chi connectivity index (χ0v) is 31.6. The number of azide groups is 1. The molecule has 13 nitrogen and oxygen atoms in total. The normalized spacial score (nSPS) is 10.9. The van der Waals surface area contributed by atoms with Crippen molar-refractivity contribution in [1.82, 2.24) is 25.6 Å². The van der Waals surface area contributed by atoms with Gasteiger partial charge in [0.25, 0.3) is 5.91 Å². The Hall–Kier alpha value is -1.49. The predicted molar refractivity (Wildman–Crippen MR) is 149 cm³/mol. The second-order valence-corrected chi connectivity index (χ2v) is 10.6. The molecule has 1 aromatic heterocycles. The molecule has 1 amide bonds. The van der Waals surface area contributed by atoms with Gasteiger partial charge in [-0.2, -0.15) is 22.9 Å². The fourth-order valence-corrected chi connectivity index (χ4v) is 5.29. The zero-order valence-electron chi connectivity index (χ0n) is 24.8. The Bertz CT molecular complexity index is 1870. The third-order valence-electron chi connectivity index (χ3n) is 6.49. The molecule has 5 rings (SSSR count). The second-order valence-electron chi connectivity index (χ2n) is 9.28. The first-order valence-electron chi connectivity index (χ1n) is 12.8. The van der Waals surface area contributed by atoms with Crippen molar-refractivity contribution in [1.29, 1.82) is 0 Å². The van der Waals surface area contributed by atoms with Crippen LogP contribution in [0.15, 0.2) is 52.6 Å². The van der Waals surface area contributed by atoms with Gasteiger partial charge in [0.15, 0.2) is 6.61 Å². The molecule has 5 aromatic rings. The second kappa shape index (κ2) is 18.0. The summed E-state index contributed by atoms with van der Waals surface area (Å²) < 4.78 is 43.0. The van der Waals surface area contributed by atoms with Gasteiger partial charge in [-0.25, -0.2) is 8.42 Å². The van der Waals surface area contributed by atoms with Crippen LogP contribution in [-0.4, -0.2) is 60.1 Å². The standard InChI is InChI=1S/C27H26N8O5S.3Na/c28-33-31-13-1-11-29-15-20-16-35(34-32-20)14-2-12-30-25(36)17-40-23-9-5-18-3-4-19-6-10-24(41(37,38)39)22-8-7-21(23)26(18)27(19)22;;;/h3-4,7-10,16,29H,1-2,11-15,17H2,(H,30,36)(H,37,38,39);;;/q-2;3*+1/p-1. The summed E-state index contributed by atoms with van der Waals surface area (Å²) in [7, 11) is -4.69. The number of aromatic nitrogens is 3. The summed E-state index contributed by atoms with van der Waals surface area (Å²) in [5.41, 5.74) is 9.06. The average molecular weight is 643 g/mol. The summed E-state index contributed by atoms with van der Waals surface area (Å²) in [6.45, 7) is 2.49. The first kappa shape index (κ1) is 38.7. The topological polar surface area (TPSA) is 187 Å². The number of carbonyl (C=O) groups excluding carboxylic acids is 1. The first-order valence-corrected chi connectivity index (χ1v) is 14.3. The van der Waals surface area contributed by atoms with Gasteiger partial charge >= 0.3 is 88.7 Å². The van der Waals surface area contributed by atoms with Crippen LogP contribution in [0, 0.1) is 12.1 Å². The Labute approximate surface area is 320 Å². The SMILES string of the molecule is [N-]=[N+]=NCCCNCc1cn(CCCNC(=O)COc2c[c-]c3ccc4[c-]cc(S(=O)(=O)[O-])c5ccc2c3c45)nn1.[Na+].[Na+].[Na+]. The van der Waals surface area contributed by atoms with Crippen molar-refractivity contribution in [3.63, 3.8) is 0 Å². The number of hydrogen-bond donors (Lipinski definition) is 2. The van der Waals surface area contributed by atoms with Crippen LogP contribution >= 0.6 is 0 Å². The van der Waals surface area contributed by atoms with Gasteiger partial charge in [-0.15, -0.1) is 40.1 Å². The van der Waals surface area contributed by atoms with Crippen LogP contribution in [0.25, 0.3) is 42.8 Å². The van der Waals surface area contributed by atoms with E-state index in [4.69, 9.17) is 10.3 Å². The van der Waals surface area contributed by atoms with Crippen LogP contribution in [0.1, 0.15) is 18.5 Å². The van der Waals surface area contributed by atoms with Crippen molar-refractivity contribution in [3.05, 3.63) is 70.9 Å².